The Hall–Kier alpha value is -3.08. The topological polar surface area (TPSA) is 65.7 Å². The predicted molar refractivity (Wildman–Crippen MR) is 99.0 cm³/mol. The number of aryl methyl sites for hydroxylation is 3. The highest BCUT2D eigenvalue weighted by Crippen LogP contribution is 2.26. The average Bonchev–Trinajstić information content (AvgIpc) is 2.58. The summed E-state index contributed by atoms with van der Waals surface area (Å²) in [6.45, 7) is 7.49. The maximum Gasteiger partial charge on any atom is 0.349 e. The van der Waals surface area contributed by atoms with Gasteiger partial charge in [0.25, 0.3) is 0 Å². The van der Waals surface area contributed by atoms with Crippen LogP contribution in [-0.2, 0) is 4.79 Å². The van der Waals surface area contributed by atoms with Crippen molar-refractivity contribution in [1.29, 1.82) is 0 Å². The lowest BCUT2D eigenvalue weighted by atomic mass is 10.1. The van der Waals surface area contributed by atoms with Crippen LogP contribution >= 0.6 is 0 Å². The Labute approximate surface area is 151 Å². The third-order valence-corrected chi connectivity index (χ3v) is 4.36. The molecule has 0 aliphatic heterocycles. The van der Waals surface area contributed by atoms with Gasteiger partial charge in [-0.3, -0.25) is 0 Å². The number of hydrogen-bond donors (Lipinski definition) is 0. The number of carbonyl (C=O) groups excluding carboxylic acids is 1. The van der Waals surface area contributed by atoms with Gasteiger partial charge in [-0.05, 0) is 62.1 Å². The van der Waals surface area contributed by atoms with Crippen LogP contribution in [0, 0.1) is 27.7 Å². The smallest absolute Gasteiger partial charge is 0.349 e. The van der Waals surface area contributed by atoms with Gasteiger partial charge in [0, 0.05) is 17.5 Å². The molecule has 0 N–H and O–H groups in total. The number of ether oxygens (including phenoxy) is 2. The highest BCUT2D eigenvalue weighted by atomic mass is 16.6. The van der Waals surface area contributed by atoms with Crippen LogP contribution in [0.5, 0.6) is 11.5 Å². The molecule has 0 saturated carbocycles. The van der Waals surface area contributed by atoms with Crippen LogP contribution in [0.15, 0.2) is 45.6 Å². The molecule has 26 heavy (non-hydrogen) atoms. The molecule has 0 aliphatic rings. The normalized spacial score (nSPS) is 10.8. The van der Waals surface area contributed by atoms with E-state index in [2.05, 4.69) is 0 Å². The Morgan fingerprint density at radius 2 is 1.69 bits per heavy atom. The fourth-order valence-electron chi connectivity index (χ4n) is 2.81. The van der Waals surface area contributed by atoms with E-state index in [1.165, 1.54) is 12.1 Å². The summed E-state index contributed by atoms with van der Waals surface area (Å²) in [5, 5.41) is 0.798. The molecule has 0 aliphatic carbocycles. The van der Waals surface area contributed by atoms with E-state index in [1.54, 1.807) is 12.1 Å². The number of benzene rings is 2. The standard InChI is InChI=1S/C21H20O5/c1-12-5-6-13(2)21(15(12)4)24-11-20(23)25-16-7-8-17-14(3)9-19(22)26-18(17)10-16/h5-10H,11H2,1-4H3. The van der Waals surface area contributed by atoms with Gasteiger partial charge < -0.3 is 13.9 Å². The highest BCUT2D eigenvalue weighted by molar-refractivity contribution is 5.82. The summed E-state index contributed by atoms with van der Waals surface area (Å²) in [7, 11) is 0. The van der Waals surface area contributed by atoms with Crippen LogP contribution in [0.3, 0.4) is 0 Å². The van der Waals surface area contributed by atoms with Crippen molar-refractivity contribution in [2.24, 2.45) is 0 Å². The first-order valence-corrected chi connectivity index (χ1v) is 8.30. The van der Waals surface area contributed by atoms with Crippen LogP contribution in [-0.4, -0.2) is 12.6 Å². The second-order valence-electron chi connectivity index (χ2n) is 6.32. The fraction of sp³-hybridized carbons (Fsp3) is 0.238. The summed E-state index contributed by atoms with van der Waals surface area (Å²) in [6.07, 6.45) is 0. The second-order valence-corrected chi connectivity index (χ2v) is 6.32. The van der Waals surface area contributed by atoms with Crippen molar-refractivity contribution >= 4 is 16.9 Å². The molecule has 2 aromatic carbocycles. The van der Waals surface area contributed by atoms with Gasteiger partial charge in [0.2, 0.25) is 0 Å². The molecule has 3 rings (SSSR count). The molecular weight excluding hydrogens is 332 g/mol. The molecule has 0 amide bonds. The Kier molecular flexibility index (Phi) is 4.80. The molecule has 0 fully saturated rings. The Morgan fingerprint density at radius 3 is 2.46 bits per heavy atom. The maximum atomic E-state index is 12.1. The molecule has 0 saturated heterocycles. The first-order chi connectivity index (χ1) is 12.3. The summed E-state index contributed by atoms with van der Waals surface area (Å²) < 4.78 is 16.1. The minimum Gasteiger partial charge on any atom is -0.481 e. The fourth-order valence-corrected chi connectivity index (χ4v) is 2.81. The summed E-state index contributed by atoms with van der Waals surface area (Å²) in [5.41, 5.74) is 3.81. The zero-order chi connectivity index (χ0) is 18.8. The number of fused-ring (bicyclic) bond motifs is 1. The van der Waals surface area contributed by atoms with E-state index in [4.69, 9.17) is 13.9 Å². The van der Waals surface area contributed by atoms with Gasteiger partial charge in [-0.25, -0.2) is 9.59 Å². The molecule has 5 heteroatoms. The lowest BCUT2D eigenvalue weighted by molar-refractivity contribution is -0.136. The first kappa shape index (κ1) is 17.7. The van der Waals surface area contributed by atoms with Crippen molar-refractivity contribution in [1.82, 2.24) is 0 Å². The van der Waals surface area contributed by atoms with E-state index in [0.29, 0.717) is 17.1 Å². The zero-order valence-electron chi connectivity index (χ0n) is 15.2. The van der Waals surface area contributed by atoms with Crippen molar-refractivity contribution in [3.05, 3.63) is 69.1 Å². The van der Waals surface area contributed by atoms with Gasteiger partial charge in [-0.1, -0.05) is 12.1 Å². The number of hydrogen-bond acceptors (Lipinski definition) is 5. The van der Waals surface area contributed by atoms with Gasteiger partial charge in [0.05, 0.1) is 0 Å². The molecular formula is C21H20O5. The van der Waals surface area contributed by atoms with Gasteiger partial charge in [0.1, 0.15) is 17.1 Å². The Balaban J connectivity index is 1.74. The lowest BCUT2D eigenvalue weighted by Gasteiger charge is -2.13. The van der Waals surface area contributed by atoms with Crippen LogP contribution in [0.4, 0.5) is 0 Å². The van der Waals surface area contributed by atoms with Crippen LogP contribution in [0.2, 0.25) is 0 Å². The third-order valence-electron chi connectivity index (χ3n) is 4.36. The van der Waals surface area contributed by atoms with Crippen molar-refractivity contribution in [2.45, 2.75) is 27.7 Å². The van der Waals surface area contributed by atoms with Crippen LogP contribution < -0.4 is 15.1 Å². The second kappa shape index (κ2) is 7.04. The number of rotatable bonds is 4. The Bertz CT molecular complexity index is 1050. The molecule has 134 valence electrons. The highest BCUT2D eigenvalue weighted by Gasteiger charge is 2.12. The summed E-state index contributed by atoms with van der Waals surface area (Å²) >= 11 is 0. The monoisotopic (exact) mass is 352 g/mol. The maximum absolute atomic E-state index is 12.1. The first-order valence-electron chi connectivity index (χ1n) is 8.30. The van der Waals surface area contributed by atoms with E-state index in [-0.39, 0.29) is 6.61 Å². The summed E-state index contributed by atoms with van der Waals surface area (Å²) in [4.78, 5) is 23.6. The lowest BCUT2D eigenvalue weighted by Crippen LogP contribution is -2.18. The molecule has 0 bridgehead atoms. The molecule has 5 nitrogen and oxygen atoms in total. The zero-order valence-corrected chi connectivity index (χ0v) is 15.2. The third kappa shape index (κ3) is 3.61. The molecule has 0 radical (unpaired) electrons. The Morgan fingerprint density at radius 1 is 0.962 bits per heavy atom. The molecule has 1 aromatic heterocycles. The molecule has 0 unspecified atom stereocenters. The largest absolute Gasteiger partial charge is 0.481 e. The van der Waals surface area contributed by atoms with Gasteiger partial charge in [-0.15, -0.1) is 0 Å². The van der Waals surface area contributed by atoms with Crippen molar-refractivity contribution < 1.29 is 18.7 Å². The average molecular weight is 352 g/mol. The van der Waals surface area contributed by atoms with E-state index < -0.39 is 11.6 Å². The molecule has 3 aromatic rings. The molecule has 1 heterocycles. The molecule has 0 atom stereocenters. The van der Waals surface area contributed by atoms with E-state index >= 15 is 0 Å². The van der Waals surface area contributed by atoms with Crippen molar-refractivity contribution in [2.75, 3.05) is 6.61 Å². The predicted octanol–water partition coefficient (Wildman–Crippen LogP) is 4.01. The van der Waals surface area contributed by atoms with Crippen molar-refractivity contribution in [3.63, 3.8) is 0 Å². The van der Waals surface area contributed by atoms with E-state index in [0.717, 1.165) is 27.6 Å². The van der Waals surface area contributed by atoms with Gasteiger partial charge >= 0.3 is 11.6 Å². The SMILES string of the molecule is Cc1ccc(C)c(OCC(=O)Oc2ccc3c(C)cc(=O)oc3c2)c1C. The summed E-state index contributed by atoms with van der Waals surface area (Å²) in [6, 6.07) is 10.3. The van der Waals surface area contributed by atoms with Crippen molar-refractivity contribution in [3.8, 4) is 11.5 Å². The number of esters is 1. The van der Waals surface area contributed by atoms with Gasteiger partial charge in [-0.2, -0.15) is 0 Å². The minimum atomic E-state index is -0.528. The van der Waals surface area contributed by atoms with E-state index in [1.807, 2.05) is 39.8 Å². The summed E-state index contributed by atoms with van der Waals surface area (Å²) in [5.74, 6) is 0.472. The van der Waals surface area contributed by atoms with Crippen LogP contribution in [0.1, 0.15) is 22.3 Å². The van der Waals surface area contributed by atoms with Gasteiger partial charge in [0.15, 0.2) is 6.61 Å². The molecule has 0 spiro atoms. The minimum absolute atomic E-state index is 0.207. The van der Waals surface area contributed by atoms with E-state index in [9.17, 15) is 9.59 Å². The quantitative estimate of drug-likeness (QED) is 0.403. The van der Waals surface area contributed by atoms with Crippen LogP contribution in [0.25, 0.3) is 11.0 Å². The number of carbonyl (C=O) groups is 1.